The van der Waals surface area contributed by atoms with E-state index in [1.165, 1.54) is 14.2 Å². The first-order valence-corrected chi connectivity index (χ1v) is 9.73. The van der Waals surface area contributed by atoms with Crippen LogP contribution in [0.5, 0.6) is 5.75 Å². The summed E-state index contributed by atoms with van der Waals surface area (Å²) >= 11 is 1.12. The number of aryl methyl sites for hydroxylation is 1. The maximum atomic E-state index is 13.8. The van der Waals surface area contributed by atoms with Gasteiger partial charge < -0.3 is 25.0 Å². The van der Waals surface area contributed by atoms with Crippen LogP contribution in [-0.2, 0) is 11.2 Å². The third-order valence-electron chi connectivity index (χ3n) is 5.08. The zero-order valence-electron chi connectivity index (χ0n) is 15.4. The molecule has 2 heterocycles. The van der Waals surface area contributed by atoms with E-state index in [2.05, 4.69) is 10.3 Å². The highest BCUT2D eigenvalue weighted by Gasteiger charge is 2.56. The first-order chi connectivity index (χ1) is 13.2. The number of nitrogens with one attached hydrogen (secondary N) is 1. The van der Waals surface area contributed by atoms with Gasteiger partial charge in [0.25, 0.3) is 0 Å². The number of aliphatic hydroxyl groups is 2. The minimum Gasteiger partial charge on any atom is -0.497 e. The van der Waals surface area contributed by atoms with Gasteiger partial charge in [-0.1, -0.05) is 23.9 Å². The van der Waals surface area contributed by atoms with Crippen molar-refractivity contribution in [2.75, 3.05) is 14.2 Å². The van der Waals surface area contributed by atoms with E-state index in [0.717, 1.165) is 17.3 Å². The topological polar surface area (TPSA) is 83.3 Å². The molecule has 0 radical (unpaired) electrons. The lowest BCUT2D eigenvalue weighted by Gasteiger charge is -2.42. The van der Waals surface area contributed by atoms with Crippen LogP contribution in [0.3, 0.4) is 0 Å². The summed E-state index contributed by atoms with van der Waals surface area (Å²) in [6.07, 6.45) is -9.30. The fraction of sp³-hybridized carbons (Fsp3) is 0.611. The fourth-order valence-electron chi connectivity index (χ4n) is 3.51. The van der Waals surface area contributed by atoms with Gasteiger partial charge in [0.2, 0.25) is 0 Å². The number of ether oxygens (including phenoxy) is 2. The molecule has 0 saturated carbocycles. The molecule has 5 unspecified atom stereocenters. The Morgan fingerprint density at radius 3 is 2.50 bits per heavy atom. The van der Waals surface area contributed by atoms with E-state index in [4.69, 9.17) is 9.47 Å². The molecule has 2 fully saturated rings. The summed E-state index contributed by atoms with van der Waals surface area (Å²) in [6, 6.07) is 6.08. The van der Waals surface area contributed by atoms with Gasteiger partial charge in [0.1, 0.15) is 23.4 Å². The average molecular weight is 420 g/mol. The molecule has 1 aromatic rings. The number of aliphatic hydroxyl groups excluding tert-OH is 2. The molecule has 3 rings (SSSR count). The Kier molecular flexibility index (Phi) is 6.43. The summed E-state index contributed by atoms with van der Waals surface area (Å²) in [5, 5.41) is 24.0. The van der Waals surface area contributed by atoms with Crippen LogP contribution < -0.4 is 10.1 Å². The molecule has 2 aliphatic rings. The molecule has 28 heavy (non-hydrogen) atoms. The zero-order valence-corrected chi connectivity index (χ0v) is 16.2. The van der Waals surface area contributed by atoms with Gasteiger partial charge >= 0.3 is 6.18 Å². The van der Waals surface area contributed by atoms with E-state index in [-0.39, 0.29) is 12.8 Å². The third kappa shape index (κ3) is 4.40. The summed E-state index contributed by atoms with van der Waals surface area (Å²) in [4.78, 5) is 3.94. The highest BCUT2D eigenvalue weighted by atomic mass is 32.2. The summed E-state index contributed by atoms with van der Waals surface area (Å²) in [7, 11) is 3.04. The summed E-state index contributed by atoms with van der Waals surface area (Å²) in [6.45, 7) is 0. The number of methoxy groups -OCH3 is 1. The maximum absolute atomic E-state index is 13.8. The number of thioether (sulfide) groups is 1. The molecule has 10 heteroatoms. The van der Waals surface area contributed by atoms with Crippen molar-refractivity contribution in [2.45, 2.75) is 48.8 Å². The quantitative estimate of drug-likeness (QED) is 0.676. The lowest BCUT2D eigenvalue weighted by molar-refractivity contribution is -0.251. The molecule has 0 amide bonds. The largest absolute Gasteiger partial charge is 0.497 e. The Morgan fingerprint density at radius 2 is 1.93 bits per heavy atom. The smallest absolute Gasteiger partial charge is 0.394 e. The van der Waals surface area contributed by atoms with Crippen LogP contribution in [0.2, 0.25) is 0 Å². The summed E-state index contributed by atoms with van der Waals surface area (Å²) < 4.78 is 52.0. The number of hydrogen-bond acceptors (Lipinski definition) is 6. The number of alkyl halides is 3. The minimum absolute atomic E-state index is 0.151. The molecule has 6 atom stereocenters. The van der Waals surface area contributed by atoms with Crippen LogP contribution in [-0.4, -0.2) is 65.5 Å². The normalized spacial score (nSPS) is 32.7. The summed E-state index contributed by atoms with van der Waals surface area (Å²) in [5.74, 6) is -1.29. The first kappa shape index (κ1) is 21.2. The van der Waals surface area contributed by atoms with Crippen molar-refractivity contribution < 1.29 is 32.9 Å². The standard InChI is InChI=1S/C18H23F3N2O4S/c1-22-17-23-12-13(24)14(25)15(27-16(12)28-17)11(18(19,20)21)8-5-9-3-6-10(26-2)7-4-9/h3-4,6-7,11-16,24-25H,5,8H2,1-2H3,(H,22,23)/t11-,12?,13?,14?,15?,16?/m1/s1. The van der Waals surface area contributed by atoms with Crippen LogP contribution in [0, 0.1) is 5.92 Å². The SMILES string of the molecule is CN=C1NC2C(OC([C@@H](CCc3ccc(OC)cc3)C(F)(F)F)C(O)C2O)S1. The summed E-state index contributed by atoms with van der Waals surface area (Å²) in [5.41, 5.74) is -0.0241. The van der Waals surface area contributed by atoms with Crippen LogP contribution in [0.25, 0.3) is 0 Å². The Balaban J connectivity index is 1.75. The Labute approximate surface area is 165 Å². The number of hydrogen-bond donors (Lipinski definition) is 3. The van der Waals surface area contributed by atoms with Crippen molar-refractivity contribution in [1.29, 1.82) is 0 Å². The fourth-order valence-corrected chi connectivity index (χ4v) is 4.60. The molecule has 0 spiro atoms. The van der Waals surface area contributed by atoms with Crippen LogP contribution in [0.1, 0.15) is 12.0 Å². The van der Waals surface area contributed by atoms with Gasteiger partial charge in [-0.15, -0.1) is 0 Å². The zero-order chi connectivity index (χ0) is 20.5. The van der Waals surface area contributed by atoms with Crippen molar-refractivity contribution in [3.8, 4) is 5.75 Å². The van der Waals surface area contributed by atoms with E-state index in [0.29, 0.717) is 10.9 Å². The van der Waals surface area contributed by atoms with Crippen molar-refractivity contribution in [2.24, 2.45) is 10.9 Å². The van der Waals surface area contributed by atoms with Crippen molar-refractivity contribution >= 4 is 16.9 Å². The average Bonchev–Trinajstić information content (AvgIpc) is 3.08. The lowest BCUT2D eigenvalue weighted by Crippen LogP contribution is -2.62. The van der Waals surface area contributed by atoms with E-state index >= 15 is 0 Å². The highest BCUT2D eigenvalue weighted by molar-refractivity contribution is 8.14. The van der Waals surface area contributed by atoms with E-state index in [1.54, 1.807) is 24.3 Å². The second-order valence-electron chi connectivity index (χ2n) is 6.80. The maximum Gasteiger partial charge on any atom is 0.394 e. The Bertz CT molecular complexity index is 701. The lowest BCUT2D eigenvalue weighted by atomic mass is 9.85. The molecule has 2 aliphatic heterocycles. The first-order valence-electron chi connectivity index (χ1n) is 8.85. The molecule has 3 N–H and O–H groups in total. The molecule has 0 bridgehead atoms. The predicted octanol–water partition coefficient (Wildman–Crippen LogP) is 1.94. The molecule has 6 nitrogen and oxygen atoms in total. The van der Waals surface area contributed by atoms with Gasteiger partial charge in [-0.05, 0) is 30.5 Å². The van der Waals surface area contributed by atoms with Gasteiger partial charge in [0.15, 0.2) is 5.17 Å². The molecule has 156 valence electrons. The number of benzene rings is 1. The van der Waals surface area contributed by atoms with Crippen LogP contribution in [0.15, 0.2) is 29.3 Å². The van der Waals surface area contributed by atoms with Crippen LogP contribution in [0.4, 0.5) is 13.2 Å². The molecular formula is C18H23F3N2O4S. The monoisotopic (exact) mass is 420 g/mol. The van der Waals surface area contributed by atoms with Crippen molar-refractivity contribution in [3.05, 3.63) is 29.8 Å². The number of fused-ring (bicyclic) bond motifs is 1. The van der Waals surface area contributed by atoms with E-state index in [9.17, 15) is 23.4 Å². The molecular weight excluding hydrogens is 397 g/mol. The van der Waals surface area contributed by atoms with Crippen molar-refractivity contribution in [1.82, 2.24) is 5.32 Å². The number of amidine groups is 1. The second kappa shape index (κ2) is 8.48. The predicted molar refractivity (Wildman–Crippen MR) is 99.4 cm³/mol. The highest BCUT2D eigenvalue weighted by Crippen LogP contribution is 2.42. The van der Waals surface area contributed by atoms with Gasteiger partial charge in [0.05, 0.1) is 25.2 Å². The molecule has 2 saturated heterocycles. The van der Waals surface area contributed by atoms with Gasteiger partial charge in [0, 0.05) is 7.05 Å². The number of halogens is 3. The van der Waals surface area contributed by atoms with Gasteiger partial charge in [-0.25, -0.2) is 0 Å². The van der Waals surface area contributed by atoms with Gasteiger partial charge in [-0.2, -0.15) is 13.2 Å². The van der Waals surface area contributed by atoms with Crippen molar-refractivity contribution in [3.63, 3.8) is 0 Å². The molecule has 0 aliphatic carbocycles. The van der Waals surface area contributed by atoms with E-state index < -0.39 is 41.9 Å². The number of rotatable bonds is 5. The van der Waals surface area contributed by atoms with Crippen LogP contribution >= 0.6 is 11.8 Å². The molecule has 0 aromatic heterocycles. The van der Waals surface area contributed by atoms with E-state index in [1.807, 2.05) is 0 Å². The van der Waals surface area contributed by atoms with Gasteiger partial charge in [-0.3, -0.25) is 4.99 Å². The Morgan fingerprint density at radius 1 is 1.25 bits per heavy atom. The molecule has 1 aromatic carbocycles. The number of aliphatic imine (C=N–C) groups is 1. The number of nitrogens with zero attached hydrogens (tertiary/aromatic N) is 1. The second-order valence-corrected chi connectivity index (χ2v) is 7.89. The Hall–Kier alpha value is -1.49. The minimum atomic E-state index is -4.58. The third-order valence-corrected chi connectivity index (χ3v) is 6.24.